The number of rotatable bonds is 13. The summed E-state index contributed by atoms with van der Waals surface area (Å²) in [6.45, 7) is 12.2. The predicted molar refractivity (Wildman–Crippen MR) is 105 cm³/mol. The fourth-order valence-electron chi connectivity index (χ4n) is 1.93. The average molecular weight is 373 g/mol. The van der Waals surface area contributed by atoms with Gasteiger partial charge in [0.1, 0.15) is 11.6 Å². The third-order valence-electron chi connectivity index (χ3n) is 4.73. The van der Waals surface area contributed by atoms with Gasteiger partial charge in [0.15, 0.2) is 0 Å². The minimum Gasteiger partial charge on any atom is -0.465 e. The van der Waals surface area contributed by atoms with Crippen molar-refractivity contribution in [3.8, 4) is 0 Å². The lowest BCUT2D eigenvalue weighted by Gasteiger charge is -2.10. The van der Waals surface area contributed by atoms with Crippen molar-refractivity contribution in [2.45, 2.75) is 86.5 Å². The molecule has 0 aromatic heterocycles. The van der Waals surface area contributed by atoms with Crippen molar-refractivity contribution < 1.29 is 24.2 Å². The number of aliphatic hydroxyl groups is 1. The Balaban J connectivity index is 0. The second-order valence-electron chi connectivity index (χ2n) is 6.96. The number of hydrogen-bond donors (Lipinski definition) is 1. The summed E-state index contributed by atoms with van der Waals surface area (Å²) >= 11 is 0. The average Bonchev–Trinajstić information content (AvgIpc) is 2.67. The number of ether oxygens (including phenoxy) is 1. The van der Waals surface area contributed by atoms with Crippen molar-refractivity contribution >= 4 is 17.5 Å². The molecule has 0 aromatic carbocycles. The molecule has 3 atom stereocenters. The molecule has 3 unspecified atom stereocenters. The molecular weight excluding hydrogens is 332 g/mol. The first-order valence-electron chi connectivity index (χ1n) is 10.1. The smallest absolute Gasteiger partial charge is 0.308 e. The number of hydrogen-bond acceptors (Lipinski definition) is 5. The molecular formula is C21H40O5. The van der Waals surface area contributed by atoms with Crippen LogP contribution in [0, 0.1) is 17.8 Å². The lowest BCUT2D eigenvalue weighted by molar-refractivity contribution is -0.148. The van der Waals surface area contributed by atoms with Crippen LogP contribution in [0.5, 0.6) is 0 Å². The zero-order valence-corrected chi connectivity index (χ0v) is 17.7. The Morgan fingerprint density at radius 2 is 1.19 bits per heavy atom. The highest BCUT2D eigenvalue weighted by molar-refractivity contribution is 5.80. The van der Waals surface area contributed by atoms with Crippen molar-refractivity contribution in [1.29, 1.82) is 0 Å². The molecule has 0 aliphatic rings. The third kappa shape index (κ3) is 14.0. The Bertz CT molecular complexity index is 368. The third-order valence-corrected chi connectivity index (χ3v) is 4.73. The van der Waals surface area contributed by atoms with Crippen molar-refractivity contribution in [2.24, 2.45) is 17.8 Å². The van der Waals surface area contributed by atoms with E-state index in [1.54, 1.807) is 0 Å². The number of ketones is 2. The minimum atomic E-state index is -0.154. The van der Waals surface area contributed by atoms with Crippen molar-refractivity contribution in [2.75, 3.05) is 13.2 Å². The van der Waals surface area contributed by atoms with Crippen molar-refractivity contribution in [3.05, 3.63) is 0 Å². The lowest BCUT2D eigenvalue weighted by atomic mass is 10.0. The first-order chi connectivity index (χ1) is 12.2. The number of carbonyl (C=O) groups is 3. The van der Waals surface area contributed by atoms with Crippen LogP contribution in [0.15, 0.2) is 0 Å². The van der Waals surface area contributed by atoms with Crippen LogP contribution in [0.1, 0.15) is 86.5 Å². The highest BCUT2D eigenvalue weighted by Crippen LogP contribution is 2.08. The van der Waals surface area contributed by atoms with E-state index >= 15 is 0 Å². The summed E-state index contributed by atoms with van der Waals surface area (Å²) in [6.07, 6.45) is 4.89. The Hall–Kier alpha value is -1.23. The zero-order valence-electron chi connectivity index (χ0n) is 17.7. The van der Waals surface area contributed by atoms with Gasteiger partial charge in [0.2, 0.25) is 0 Å². The molecule has 154 valence electrons. The second kappa shape index (κ2) is 17.2. The quantitative estimate of drug-likeness (QED) is 0.384. The molecule has 0 aliphatic carbocycles. The predicted octanol–water partition coefficient (Wildman–Crippen LogP) is 4.35. The van der Waals surface area contributed by atoms with Crippen LogP contribution >= 0.6 is 0 Å². The molecule has 0 rings (SSSR count). The molecule has 0 amide bonds. The van der Waals surface area contributed by atoms with Crippen LogP contribution in [-0.2, 0) is 19.1 Å². The SMILES string of the molecule is CCC(C)C(=O)CCCO.CCC(C)C(=O)CCCOC(=O)C(C)CC. The summed E-state index contributed by atoms with van der Waals surface area (Å²) in [6, 6.07) is 0. The van der Waals surface area contributed by atoms with Gasteiger partial charge in [-0.2, -0.15) is 0 Å². The fourth-order valence-corrected chi connectivity index (χ4v) is 1.93. The van der Waals surface area contributed by atoms with Gasteiger partial charge in [0, 0.05) is 31.3 Å². The monoisotopic (exact) mass is 372 g/mol. The first kappa shape index (κ1) is 27.0. The summed E-state index contributed by atoms with van der Waals surface area (Å²) in [7, 11) is 0. The summed E-state index contributed by atoms with van der Waals surface area (Å²) in [5.41, 5.74) is 0. The van der Waals surface area contributed by atoms with Gasteiger partial charge < -0.3 is 9.84 Å². The van der Waals surface area contributed by atoms with Gasteiger partial charge in [-0.1, -0.05) is 41.5 Å². The lowest BCUT2D eigenvalue weighted by Crippen LogP contribution is -2.16. The largest absolute Gasteiger partial charge is 0.465 e. The fraction of sp³-hybridized carbons (Fsp3) is 0.857. The topological polar surface area (TPSA) is 80.7 Å². The van der Waals surface area contributed by atoms with E-state index in [1.165, 1.54) is 0 Å². The maximum Gasteiger partial charge on any atom is 0.308 e. The summed E-state index contributed by atoms with van der Waals surface area (Å²) in [4.78, 5) is 33.8. The molecule has 0 fully saturated rings. The van der Waals surface area contributed by atoms with Gasteiger partial charge in [-0.25, -0.2) is 0 Å². The zero-order chi connectivity index (χ0) is 20.5. The van der Waals surface area contributed by atoms with Gasteiger partial charge in [-0.05, 0) is 32.1 Å². The maximum atomic E-state index is 11.5. The summed E-state index contributed by atoms with van der Waals surface area (Å²) in [5.74, 6) is 0.652. The van der Waals surface area contributed by atoms with Crippen LogP contribution in [0.25, 0.3) is 0 Å². The molecule has 5 nitrogen and oxygen atoms in total. The Morgan fingerprint density at radius 3 is 1.58 bits per heavy atom. The van der Waals surface area contributed by atoms with Gasteiger partial charge >= 0.3 is 5.97 Å². The summed E-state index contributed by atoms with van der Waals surface area (Å²) < 4.78 is 5.07. The molecule has 0 bridgehead atoms. The number of aliphatic hydroxyl groups excluding tert-OH is 1. The Kier molecular flexibility index (Phi) is 17.9. The first-order valence-corrected chi connectivity index (χ1v) is 10.1. The van der Waals surface area contributed by atoms with Crippen LogP contribution in [0.2, 0.25) is 0 Å². The number of esters is 1. The second-order valence-corrected chi connectivity index (χ2v) is 6.96. The van der Waals surface area contributed by atoms with E-state index in [2.05, 4.69) is 0 Å². The highest BCUT2D eigenvalue weighted by Gasteiger charge is 2.13. The maximum absolute atomic E-state index is 11.5. The van der Waals surface area contributed by atoms with E-state index in [9.17, 15) is 14.4 Å². The molecule has 0 saturated heterocycles. The van der Waals surface area contributed by atoms with Crippen LogP contribution in [0.4, 0.5) is 0 Å². The number of carbonyl (C=O) groups excluding carboxylic acids is 3. The summed E-state index contributed by atoms with van der Waals surface area (Å²) in [5, 5.41) is 8.42. The van der Waals surface area contributed by atoms with E-state index in [0.29, 0.717) is 32.3 Å². The molecule has 1 N–H and O–H groups in total. The molecule has 26 heavy (non-hydrogen) atoms. The van der Waals surface area contributed by atoms with Gasteiger partial charge in [0.05, 0.1) is 12.5 Å². The number of Topliss-reactive ketones (excluding diaryl/α,β-unsaturated/α-hetero) is 2. The van der Waals surface area contributed by atoms with E-state index in [0.717, 1.165) is 19.3 Å². The minimum absolute atomic E-state index is 0.0368. The molecule has 0 aromatic rings. The van der Waals surface area contributed by atoms with E-state index in [-0.39, 0.29) is 41.9 Å². The molecule has 0 heterocycles. The van der Waals surface area contributed by atoms with Crippen molar-refractivity contribution in [3.63, 3.8) is 0 Å². The standard InChI is InChI=1S/C13H24O3.C8H16O2/c1-5-10(3)12(14)8-7-9-16-13(15)11(4)6-2;1-3-7(2)8(10)5-4-6-9/h10-11H,5-9H2,1-4H3;7,9H,3-6H2,1-2H3. The molecule has 5 heteroatoms. The van der Waals surface area contributed by atoms with E-state index in [1.807, 2.05) is 41.5 Å². The highest BCUT2D eigenvalue weighted by atomic mass is 16.5. The molecule has 0 spiro atoms. The van der Waals surface area contributed by atoms with Gasteiger partial charge in [0.25, 0.3) is 0 Å². The van der Waals surface area contributed by atoms with Crippen LogP contribution in [0.3, 0.4) is 0 Å². The van der Waals surface area contributed by atoms with E-state index < -0.39 is 0 Å². The Labute approximate surface area is 159 Å². The molecule has 0 radical (unpaired) electrons. The molecule has 0 aliphatic heterocycles. The van der Waals surface area contributed by atoms with E-state index in [4.69, 9.17) is 9.84 Å². The van der Waals surface area contributed by atoms with Crippen molar-refractivity contribution in [1.82, 2.24) is 0 Å². The normalized spacial score (nSPS) is 13.8. The Morgan fingerprint density at radius 1 is 0.769 bits per heavy atom. The van der Waals surface area contributed by atoms with Crippen LogP contribution in [-0.4, -0.2) is 35.9 Å². The van der Waals surface area contributed by atoms with Gasteiger partial charge in [-0.15, -0.1) is 0 Å². The van der Waals surface area contributed by atoms with Crippen LogP contribution < -0.4 is 0 Å². The molecule has 0 saturated carbocycles. The van der Waals surface area contributed by atoms with Gasteiger partial charge in [-0.3, -0.25) is 14.4 Å².